The van der Waals surface area contributed by atoms with E-state index in [9.17, 15) is 26.7 Å². The van der Waals surface area contributed by atoms with Gasteiger partial charge in [-0.2, -0.15) is 27.6 Å². The van der Waals surface area contributed by atoms with E-state index in [1.165, 1.54) is 21.4 Å². The van der Waals surface area contributed by atoms with Crippen LogP contribution in [-0.4, -0.2) is 82.1 Å². The van der Waals surface area contributed by atoms with Crippen molar-refractivity contribution in [2.75, 3.05) is 31.6 Å². The third kappa shape index (κ3) is 5.20. The highest BCUT2D eigenvalue weighted by atomic mass is 32.2. The van der Waals surface area contributed by atoms with E-state index in [-0.39, 0.29) is 43.2 Å². The van der Waals surface area contributed by atoms with Gasteiger partial charge in [0.25, 0.3) is 0 Å². The molecule has 0 aliphatic carbocycles. The molecule has 0 amide bonds. The van der Waals surface area contributed by atoms with Gasteiger partial charge in [0, 0.05) is 38.6 Å². The van der Waals surface area contributed by atoms with Crippen LogP contribution in [-0.2, 0) is 28.0 Å². The van der Waals surface area contributed by atoms with Crippen LogP contribution >= 0.6 is 0 Å². The molecule has 4 heterocycles. The third-order valence-corrected chi connectivity index (χ3v) is 7.28. The summed E-state index contributed by atoms with van der Waals surface area (Å²) in [4.78, 5) is 7.73. The molecule has 2 N–H and O–H groups in total. The lowest BCUT2D eigenvalue weighted by Gasteiger charge is -2.31. The van der Waals surface area contributed by atoms with Gasteiger partial charge >= 0.3 is 6.18 Å². The van der Waals surface area contributed by atoms with Crippen LogP contribution < -0.4 is 10.1 Å². The molecule has 15 heteroatoms. The van der Waals surface area contributed by atoms with Gasteiger partial charge in [0.05, 0.1) is 19.4 Å². The summed E-state index contributed by atoms with van der Waals surface area (Å²) in [5, 5.41) is 16.6. The van der Waals surface area contributed by atoms with Gasteiger partial charge in [-0.3, -0.25) is 4.68 Å². The fourth-order valence-electron chi connectivity index (χ4n) is 3.60. The van der Waals surface area contributed by atoms with Crippen LogP contribution in [0.3, 0.4) is 0 Å². The van der Waals surface area contributed by atoms with Gasteiger partial charge < -0.3 is 19.9 Å². The van der Waals surface area contributed by atoms with E-state index in [1.807, 2.05) is 0 Å². The highest BCUT2D eigenvalue weighted by Crippen LogP contribution is 2.36. The molecule has 2 aromatic heterocycles. The summed E-state index contributed by atoms with van der Waals surface area (Å²) in [5.74, 6) is -0.786. The van der Waals surface area contributed by atoms with Crippen LogP contribution in [0.1, 0.15) is 18.4 Å². The molecule has 1 unspecified atom stereocenters. The molecular formula is C18H23F3N6O5S. The Kier molecular flexibility index (Phi) is 6.48. The number of nitrogens with zero attached hydrogens (tertiary/aromatic N) is 5. The Bertz CT molecular complexity index is 1090. The first-order chi connectivity index (χ1) is 15.5. The number of anilines is 1. The Morgan fingerprint density at radius 1 is 1.24 bits per heavy atom. The van der Waals surface area contributed by atoms with Gasteiger partial charge in [-0.25, -0.2) is 13.4 Å². The van der Waals surface area contributed by atoms with Crippen molar-refractivity contribution in [2.24, 2.45) is 7.05 Å². The molecule has 2 fully saturated rings. The number of hydrogen-bond acceptors (Lipinski definition) is 9. The van der Waals surface area contributed by atoms with Crippen LogP contribution in [0, 0.1) is 0 Å². The molecule has 182 valence electrons. The lowest BCUT2D eigenvalue weighted by Crippen LogP contribution is -2.42. The normalized spacial score (nSPS) is 23.1. The van der Waals surface area contributed by atoms with Crippen molar-refractivity contribution in [1.82, 2.24) is 24.1 Å². The molecule has 0 radical (unpaired) electrons. The fourth-order valence-corrected chi connectivity index (χ4v) is 5.06. The summed E-state index contributed by atoms with van der Waals surface area (Å²) in [6, 6.07) is -0.254. The predicted octanol–water partition coefficient (Wildman–Crippen LogP) is 0.633. The van der Waals surface area contributed by atoms with Crippen molar-refractivity contribution in [3.05, 3.63) is 24.2 Å². The number of aromatic nitrogens is 4. The predicted molar refractivity (Wildman–Crippen MR) is 107 cm³/mol. The number of aliphatic hydroxyl groups excluding tert-OH is 1. The molecule has 2 saturated heterocycles. The average Bonchev–Trinajstić information content (AvgIpc) is 3.36. The van der Waals surface area contributed by atoms with Crippen molar-refractivity contribution in [2.45, 2.75) is 42.2 Å². The Morgan fingerprint density at radius 2 is 1.97 bits per heavy atom. The van der Waals surface area contributed by atoms with Crippen LogP contribution in [0.25, 0.3) is 0 Å². The monoisotopic (exact) mass is 492 g/mol. The van der Waals surface area contributed by atoms with E-state index >= 15 is 0 Å². The molecule has 4 rings (SSSR count). The van der Waals surface area contributed by atoms with E-state index < -0.39 is 39.9 Å². The van der Waals surface area contributed by atoms with Gasteiger partial charge in [-0.05, 0) is 12.8 Å². The van der Waals surface area contributed by atoms with Crippen molar-refractivity contribution < 1.29 is 36.2 Å². The van der Waals surface area contributed by atoms with Gasteiger partial charge in [0.1, 0.15) is 16.6 Å². The standard InChI is InChI=1S/C18H23F3N6O5S/c1-26-8-12(6-23-26)33(29,30)27-4-2-11(3-5-27)24-17-22-7-13(18(19,20)21)16(25-17)32-15-10-31-9-14(15)28/h6-8,11,14-15,28H,2-5,9-10H2,1H3,(H,22,24,25)/t14-,15?/m0/s1. The highest BCUT2D eigenvalue weighted by Gasteiger charge is 2.39. The molecule has 2 aliphatic heterocycles. The Balaban J connectivity index is 1.43. The number of halogens is 3. The van der Waals surface area contributed by atoms with Crippen molar-refractivity contribution in [3.8, 4) is 5.88 Å². The van der Waals surface area contributed by atoms with Crippen molar-refractivity contribution in [1.29, 1.82) is 0 Å². The number of nitrogens with one attached hydrogen (secondary N) is 1. The number of aliphatic hydroxyl groups is 1. The molecule has 33 heavy (non-hydrogen) atoms. The van der Waals surface area contributed by atoms with Crippen molar-refractivity contribution >= 4 is 16.0 Å². The molecular weight excluding hydrogens is 469 g/mol. The van der Waals surface area contributed by atoms with Gasteiger partial charge in [-0.15, -0.1) is 0 Å². The maximum atomic E-state index is 13.4. The maximum Gasteiger partial charge on any atom is 0.423 e. The smallest absolute Gasteiger partial charge is 0.423 e. The molecule has 0 saturated carbocycles. The van der Waals surface area contributed by atoms with Gasteiger partial charge in [0.15, 0.2) is 6.10 Å². The minimum atomic E-state index is -4.75. The second-order valence-electron chi connectivity index (χ2n) is 7.84. The minimum Gasteiger partial charge on any atom is -0.468 e. The third-order valence-electron chi connectivity index (χ3n) is 5.43. The van der Waals surface area contributed by atoms with Crippen LogP contribution in [0.4, 0.5) is 19.1 Å². The number of rotatable bonds is 6. The number of hydrogen-bond donors (Lipinski definition) is 2. The minimum absolute atomic E-state index is 0.0390. The fraction of sp³-hybridized carbons (Fsp3) is 0.611. The molecule has 2 atom stereocenters. The first-order valence-corrected chi connectivity index (χ1v) is 11.6. The zero-order chi connectivity index (χ0) is 23.8. The lowest BCUT2D eigenvalue weighted by molar-refractivity contribution is -0.140. The van der Waals surface area contributed by atoms with Crippen LogP contribution in [0.2, 0.25) is 0 Å². The van der Waals surface area contributed by atoms with E-state index in [2.05, 4.69) is 20.4 Å². The van der Waals surface area contributed by atoms with E-state index in [4.69, 9.17) is 9.47 Å². The van der Waals surface area contributed by atoms with Crippen LogP contribution in [0.5, 0.6) is 5.88 Å². The second kappa shape index (κ2) is 9.04. The Morgan fingerprint density at radius 3 is 2.55 bits per heavy atom. The average molecular weight is 492 g/mol. The topological polar surface area (TPSA) is 132 Å². The SMILES string of the molecule is Cn1cc(S(=O)(=O)N2CCC(Nc3ncc(C(F)(F)F)c(OC4COC[C@@H]4O)n3)CC2)cn1. The number of ether oxygens (including phenoxy) is 2. The highest BCUT2D eigenvalue weighted by molar-refractivity contribution is 7.89. The molecule has 0 bridgehead atoms. The van der Waals surface area contributed by atoms with Crippen molar-refractivity contribution in [3.63, 3.8) is 0 Å². The quantitative estimate of drug-likeness (QED) is 0.596. The van der Waals surface area contributed by atoms with Gasteiger partial charge in [0.2, 0.25) is 21.9 Å². The maximum absolute atomic E-state index is 13.4. The molecule has 0 aromatic carbocycles. The van der Waals surface area contributed by atoms with E-state index in [1.54, 1.807) is 7.05 Å². The van der Waals surface area contributed by atoms with Crippen LogP contribution in [0.15, 0.2) is 23.5 Å². The molecule has 2 aromatic rings. The zero-order valence-corrected chi connectivity index (χ0v) is 18.4. The lowest BCUT2D eigenvalue weighted by atomic mass is 10.1. The summed E-state index contributed by atoms with van der Waals surface area (Å²) >= 11 is 0. The van der Waals surface area contributed by atoms with E-state index in [0.29, 0.717) is 19.0 Å². The second-order valence-corrected chi connectivity index (χ2v) is 9.78. The molecule has 11 nitrogen and oxygen atoms in total. The summed E-state index contributed by atoms with van der Waals surface area (Å²) in [5.41, 5.74) is -1.16. The van der Waals surface area contributed by atoms with E-state index in [0.717, 1.165) is 0 Å². The largest absolute Gasteiger partial charge is 0.468 e. The van der Waals surface area contributed by atoms with Gasteiger partial charge in [-0.1, -0.05) is 0 Å². The summed E-state index contributed by atoms with van der Waals surface area (Å²) < 4.78 is 78.6. The molecule has 0 spiro atoms. The zero-order valence-electron chi connectivity index (χ0n) is 17.6. The number of alkyl halides is 3. The number of sulfonamides is 1. The summed E-state index contributed by atoms with van der Waals surface area (Å²) in [7, 11) is -2.05. The Hall–Kier alpha value is -2.49. The first kappa shape index (κ1) is 23.7. The Labute approximate surface area is 187 Å². The molecule has 2 aliphatic rings. The number of aryl methyl sites for hydroxylation is 1. The summed E-state index contributed by atoms with van der Waals surface area (Å²) in [6.07, 6.45) is -2.67. The summed E-state index contributed by atoms with van der Waals surface area (Å²) in [6.45, 7) is 0.326. The first-order valence-electron chi connectivity index (χ1n) is 10.2. The number of piperidine rings is 1.